The van der Waals surface area contributed by atoms with Gasteiger partial charge in [-0.05, 0) is 75.1 Å². The summed E-state index contributed by atoms with van der Waals surface area (Å²) >= 11 is 9.27. The van der Waals surface area contributed by atoms with Crippen LogP contribution in [0.2, 0.25) is 0 Å². The molecule has 1 aliphatic heterocycles. The smallest absolute Gasteiger partial charge is 0.147 e. The fourth-order valence-corrected chi connectivity index (χ4v) is 5.13. The Morgan fingerprint density at radius 1 is 1.30 bits per heavy atom. The Bertz CT molecular complexity index is 413. The maximum Gasteiger partial charge on any atom is 0.147 e. The minimum Gasteiger partial charge on any atom is -0.492 e. The van der Waals surface area contributed by atoms with Gasteiger partial charge >= 0.3 is 0 Å². The van der Waals surface area contributed by atoms with Crippen molar-refractivity contribution in [1.29, 1.82) is 0 Å². The standard InChI is InChI=1S/C15H21Br2NOS/c1-2-19-15-13(16)7-11(8-14(15)17)9-18-10-12-5-3-4-6-20-12/h7-8,12,18H,2-6,9-10H2,1H3. The van der Waals surface area contributed by atoms with Gasteiger partial charge in [0.25, 0.3) is 0 Å². The van der Waals surface area contributed by atoms with E-state index in [4.69, 9.17) is 4.74 Å². The Labute approximate surface area is 142 Å². The number of benzene rings is 1. The highest BCUT2D eigenvalue weighted by Gasteiger charge is 2.13. The van der Waals surface area contributed by atoms with Crippen LogP contribution in [0.5, 0.6) is 5.75 Å². The van der Waals surface area contributed by atoms with E-state index in [1.165, 1.54) is 30.6 Å². The lowest BCUT2D eigenvalue weighted by molar-refractivity contribution is 0.336. The van der Waals surface area contributed by atoms with Crippen LogP contribution in [0, 0.1) is 0 Å². The first-order valence-corrected chi connectivity index (χ1v) is 9.77. The molecule has 1 unspecified atom stereocenters. The summed E-state index contributed by atoms with van der Waals surface area (Å²) in [7, 11) is 0. The minimum absolute atomic E-state index is 0.674. The number of thioether (sulfide) groups is 1. The Balaban J connectivity index is 1.86. The summed E-state index contributed by atoms with van der Waals surface area (Å²) in [4.78, 5) is 0. The molecule has 20 heavy (non-hydrogen) atoms. The van der Waals surface area contributed by atoms with Gasteiger partial charge in [0.1, 0.15) is 5.75 Å². The molecule has 5 heteroatoms. The van der Waals surface area contributed by atoms with Gasteiger partial charge in [-0.1, -0.05) is 6.42 Å². The van der Waals surface area contributed by atoms with Crippen LogP contribution in [0.4, 0.5) is 0 Å². The molecule has 2 nitrogen and oxygen atoms in total. The second-order valence-electron chi connectivity index (χ2n) is 4.94. The van der Waals surface area contributed by atoms with Crippen molar-refractivity contribution in [1.82, 2.24) is 5.32 Å². The zero-order valence-electron chi connectivity index (χ0n) is 11.8. The fourth-order valence-electron chi connectivity index (χ4n) is 2.34. The Hall–Kier alpha value is 0.290. The molecular formula is C15H21Br2NOS. The monoisotopic (exact) mass is 421 g/mol. The van der Waals surface area contributed by atoms with Crippen LogP contribution in [-0.2, 0) is 6.54 Å². The van der Waals surface area contributed by atoms with Gasteiger partial charge in [-0.15, -0.1) is 0 Å². The summed E-state index contributed by atoms with van der Waals surface area (Å²) in [5.74, 6) is 2.21. The van der Waals surface area contributed by atoms with E-state index in [1.807, 2.05) is 6.92 Å². The molecule has 0 radical (unpaired) electrons. The van der Waals surface area contributed by atoms with E-state index < -0.39 is 0 Å². The van der Waals surface area contributed by atoms with Crippen molar-refractivity contribution in [2.45, 2.75) is 38.0 Å². The Kier molecular flexibility index (Phi) is 7.22. The van der Waals surface area contributed by atoms with Gasteiger partial charge < -0.3 is 10.1 Å². The molecule has 0 amide bonds. The molecule has 1 N–H and O–H groups in total. The van der Waals surface area contributed by atoms with Crippen molar-refractivity contribution < 1.29 is 4.74 Å². The molecule has 1 aliphatic rings. The largest absolute Gasteiger partial charge is 0.492 e. The van der Waals surface area contributed by atoms with Crippen LogP contribution in [-0.4, -0.2) is 24.2 Å². The number of ether oxygens (including phenoxy) is 1. The molecular weight excluding hydrogens is 402 g/mol. The van der Waals surface area contributed by atoms with E-state index in [0.29, 0.717) is 6.61 Å². The first-order valence-electron chi connectivity index (χ1n) is 7.13. The molecule has 112 valence electrons. The predicted molar refractivity (Wildman–Crippen MR) is 94.8 cm³/mol. The highest BCUT2D eigenvalue weighted by atomic mass is 79.9. The molecule has 0 aromatic heterocycles. The second kappa shape index (κ2) is 8.66. The second-order valence-corrected chi connectivity index (χ2v) is 8.06. The molecule has 1 aromatic rings. The number of nitrogens with one attached hydrogen (secondary N) is 1. The summed E-state index contributed by atoms with van der Waals surface area (Å²) in [5, 5.41) is 4.36. The first-order chi connectivity index (χ1) is 9.70. The molecule has 1 heterocycles. The molecule has 1 fully saturated rings. The summed E-state index contributed by atoms with van der Waals surface area (Å²) in [6.45, 7) is 4.68. The summed E-state index contributed by atoms with van der Waals surface area (Å²) in [6.07, 6.45) is 4.13. The number of rotatable bonds is 6. The van der Waals surface area contributed by atoms with E-state index >= 15 is 0 Å². The van der Waals surface area contributed by atoms with Gasteiger partial charge in [-0.25, -0.2) is 0 Å². The molecule has 1 aromatic carbocycles. The number of hydrogen-bond donors (Lipinski definition) is 1. The SMILES string of the molecule is CCOc1c(Br)cc(CNCC2CCCCS2)cc1Br. The van der Waals surface area contributed by atoms with Crippen LogP contribution < -0.4 is 10.1 Å². The number of hydrogen-bond acceptors (Lipinski definition) is 3. The van der Waals surface area contributed by atoms with E-state index in [-0.39, 0.29) is 0 Å². The van der Waals surface area contributed by atoms with Crippen molar-refractivity contribution in [2.24, 2.45) is 0 Å². The maximum atomic E-state index is 5.60. The highest BCUT2D eigenvalue weighted by Crippen LogP contribution is 2.34. The molecule has 0 bridgehead atoms. The molecule has 2 rings (SSSR count). The average Bonchev–Trinajstić information content (AvgIpc) is 2.44. The van der Waals surface area contributed by atoms with Gasteiger partial charge in [0.15, 0.2) is 0 Å². The number of halogens is 2. The molecule has 0 spiro atoms. The highest BCUT2D eigenvalue weighted by molar-refractivity contribution is 9.11. The quantitative estimate of drug-likeness (QED) is 0.697. The third kappa shape index (κ3) is 4.93. The average molecular weight is 423 g/mol. The molecule has 1 saturated heterocycles. The topological polar surface area (TPSA) is 21.3 Å². The van der Waals surface area contributed by atoms with Gasteiger partial charge in [0, 0.05) is 18.3 Å². The van der Waals surface area contributed by atoms with Crippen molar-refractivity contribution in [3.05, 3.63) is 26.6 Å². The lowest BCUT2D eigenvalue weighted by Gasteiger charge is -2.21. The maximum absolute atomic E-state index is 5.60. The third-order valence-electron chi connectivity index (χ3n) is 3.32. The summed E-state index contributed by atoms with van der Waals surface area (Å²) in [6, 6.07) is 4.27. The van der Waals surface area contributed by atoms with Gasteiger partial charge in [-0.2, -0.15) is 11.8 Å². The van der Waals surface area contributed by atoms with Crippen molar-refractivity contribution >= 4 is 43.6 Å². The lowest BCUT2D eigenvalue weighted by Crippen LogP contribution is -2.26. The first kappa shape index (κ1) is 16.7. The van der Waals surface area contributed by atoms with Crippen LogP contribution in [0.3, 0.4) is 0 Å². The zero-order chi connectivity index (χ0) is 14.4. The zero-order valence-corrected chi connectivity index (χ0v) is 15.7. The van der Waals surface area contributed by atoms with Crippen molar-refractivity contribution in [3.8, 4) is 5.75 Å². The molecule has 0 aliphatic carbocycles. The molecule has 0 saturated carbocycles. The van der Waals surface area contributed by atoms with Gasteiger partial charge in [0.05, 0.1) is 15.6 Å². The minimum atomic E-state index is 0.674. The lowest BCUT2D eigenvalue weighted by atomic mass is 10.2. The predicted octanol–water partition coefficient (Wildman–Crippen LogP) is 4.99. The third-order valence-corrected chi connectivity index (χ3v) is 5.90. The van der Waals surface area contributed by atoms with Crippen LogP contribution in [0.25, 0.3) is 0 Å². The van der Waals surface area contributed by atoms with E-state index in [1.54, 1.807) is 0 Å². The van der Waals surface area contributed by atoms with Crippen molar-refractivity contribution in [3.63, 3.8) is 0 Å². The summed E-state index contributed by atoms with van der Waals surface area (Å²) < 4.78 is 7.63. The van der Waals surface area contributed by atoms with Crippen LogP contribution in [0.15, 0.2) is 21.1 Å². The van der Waals surface area contributed by atoms with Crippen LogP contribution in [0.1, 0.15) is 31.7 Å². The Morgan fingerprint density at radius 3 is 2.65 bits per heavy atom. The Morgan fingerprint density at radius 2 is 2.05 bits per heavy atom. The fraction of sp³-hybridized carbons (Fsp3) is 0.600. The van der Waals surface area contributed by atoms with Crippen molar-refractivity contribution in [2.75, 3.05) is 18.9 Å². The van der Waals surface area contributed by atoms with Gasteiger partial charge in [-0.3, -0.25) is 0 Å². The summed E-state index contributed by atoms with van der Waals surface area (Å²) in [5.41, 5.74) is 1.27. The normalized spacial score (nSPS) is 19.1. The van der Waals surface area contributed by atoms with E-state index in [9.17, 15) is 0 Å². The van der Waals surface area contributed by atoms with E-state index in [2.05, 4.69) is 61.1 Å². The van der Waals surface area contributed by atoms with Gasteiger partial charge in [0.2, 0.25) is 0 Å². The molecule has 1 atom stereocenters. The van der Waals surface area contributed by atoms with Crippen LogP contribution >= 0.6 is 43.6 Å². The van der Waals surface area contributed by atoms with E-state index in [0.717, 1.165) is 33.0 Å².